The molecule has 1 aliphatic heterocycles. The molecule has 2 N–H and O–H groups in total. The van der Waals surface area contributed by atoms with Gasteiger partial charge in [-0.2, -0.15) is 0 Å². The van der Waals surface area contributed by atoms with Gasteiger partial charge in [-0.05, 0) is 38.7 Å². The summed E-state index contributed by atoms with van der Waals surface area (Å²) in [6.07, 6.45) is 2.46. The Hall–Kier alpha value is -2.08. The van der Waals surface area contributed by atoms with E-state index in [1.54, 1.807) is 4.90 Å². The van der Waals surface area contributed by atoms with Gasteiger partial charge in [0.1, 0.15) is 0 Å². The second-order valence-corrected chi connectivity index (χ2v) is 7.27. The van der Waals surface area contributed by atoms with E-state index < -0.39 is 5.97 Å². The average Bonchev–Trinajstić information content (AvgIpc) is 2.60. The van der Waals surface area contributed by atoms with Gasteiger partial charge in [-0.15, -0.1) is 0 Å². The lowest BCUT2D eigenvalue weighted by Gasteiger charge is -2.34. The number of nitrogens with one attached hydrogen (secondary N) is 1. The van der Waals surface area contributed by atoms with Crippen LogP contribution in [0, 0.1) is 0 Å². The minimum atomic E-state index is -0.820. The quantitative estimate of drug-likeness (QED) is 0.747. The van der Waals surface area contributed by atoms with Crippen LogP contribution < -0.4 is 5.32 Å². The molecule has 2 amide bonds. The molecule has 1 fully saturated rings. The topological polar surface area (TPSA) is 72.9 Å². The molecule has 26 heavy (non-hydrogen) atoms. The van der Waals surface area contributed by atoms with E-state index in [1.165, 1.54) is 5.56 Å². The van der Waals surface area contributed by atoms with E-state index >= 15 is 0 Å². The number of piperidine rings is 1. The average molecular weight is 361 g/mol. The first-order valence-electron chi connectivity index (χ1n) is 9.51. The summed E-state index contributed by atoms with van der Waals surface area (Å²) < 4.78 is 0. The fraction of sp³-hybridized carbons (Fsp3) is 0.600. The van der Waals surface area contributed by atoms with Crippen molar-refractivity contribution >= 4 is 12.0 Å². The number of rotatable bonds is 8. The Balaban J connectivity index is 1.75. The van der Waals surface area contributed by atoms with Gasteiger partial charge in [-0.3, -0.25) is 9.69 Å². The van der Waals surface area contributed by atoms with E-state index in [1.807, 2.05) is 19.9 Å². The van der Waals surface area contributed by atoms with Crippen LogP contribution in [-0.4, -0.2) is 58.6 Å². The van der Waals surface area contributed by atoms with Crippen LogP contribution in [0.25, 0.3) is 0 Å². The van der Waals surface area contributed by atoms with Gasteiger partial charge in [0.15, 0.2) is 0 Å². The number of carbonyl (C=O) groups is 2. The summed E-state index contributed by atoms with van der Waals surface area (Å²) in [6, 6.07) is 10.6. The molecule has 0 spiro atoms. The summed E-state index contributed by atoms with van der Waals surface area (Å²) in [5.41, 5.74) is 1.32. The summed E-state index contributed by atoms with van der Waals surface area (Å²) in [7, 11) is 0. The number of hydrogen-bond donors (Lipinski definition) is 2. The van der Waals surface area contributed by atoms with Crippen molar-refractivity contribution < 1.29 is 14.7 Å². The second-order valence-electron chi connectivity index (χ2n) is 7.27. The Kier molecular flexibility index (Phi) is 7.91. The molecule has 6 nitrogen and oxygen atoms in total. The molecule has 0 saturated carbocycles. The smallest absolute Gasteiger partial charge is 0.317 e. The summed E-state index contributed by atoms with van der Waals surface area (Å²) in [5, 5.41) is 11.9. The third-order valence-corrected chi connectivity index (χ3v) is 4.84. The molecule has 1 aromatic carbocycles. The highest BCUT2D eigenvalue weighted by atomic mass is 16.4. The predicted octanol–water partition coefficient (Wildman–Crippen LogP) is 2.94. The Morgan fingerprint density at radius 3 is 2.46 bits per heavy atom. The molecule has 0 unspecified atom stereocenters. The summed E-state index contributed by atoms with van der Waals surface area (Å²) in [6.45, 7) is 7.30. The van der Waals surface area contributed by atoms with Gasteiger partial charge in [0.25, 0.3) is 0 Å². The number of likely N-dealkylation sites (tertiary alicyclic amines) is 1. The first-order chi connectivity index (χ1) is 12.5. The van der Waals surface area contributed by atoms with Crippen molar-refractivity contribution in [3.8, 4) is 0 Å². The van der Waals surface area contributed by atoms with E-state index in [4.69, 9.17) is 5.11 Å². The molecular formula is C20H31N3O3. The van der Waals surface area contributed by atoms with E-state index in [9.17, 15) is 9.59 Å². The summed E-state index contributed by atoms with van der Waals surface area (Å²) in [5.74, 6) is -0.820. The first-order valence-corrected chi connectivity index (χ1v) is 9.51. The summed E-state index contributed by atoms with van der Waals surface area (Å²) >= 11 is 0. The molecule has 0 radical (unpaired) electrons. The molecule has 1 aliphatic rings. The van der Waals surface area contributed by atoms with Crippen LogP contribution in [0.4, 0.5) is 4.79 Å². The molecular weight excluding hydrogens is 330 g/mol. The minimum absolute atomic E-state index is 0.0574. The van der Waals surface area contributed by atoms with Crippen LogP contribution in [0.2, 0.25) is 0 Å². The maximum absolute atomic E-state index is 12.6. The molecule has 0 bridgehead atoms. The van der Waals surface area contributed by atoms with Crippen LogP contribution in [0.15, 0.2) is 30.3 Å². The fourth-order valence-corrected chi connectivity index (χ4v) is 3.33. The molecule has 0 atom stereocenters. The highest BCUT2D eigenvalue weighted by Gasteiger charge is 2.24. The number of nitrogens with zero attached hydrogens (tertiary/aromatic N) is 2. The molecule has 144 valence electrons. The van der Waals surface area contributed by atoms with Gasteiger partial charge in [-0.25, -0.2) is 4.79 Å². The molecule has 0 aliphatic carbocycles. The van der Waals surface area contributed by atoms with Gasteiger partial charge >= 0.3 is 12.0 Å². The minimum Gasteiger partial charge on any atom is -0.481 e. The Morgan fingerprint density at radius 2 is 1.88 bits per heavy atom. The van der Waals surface area contributed by atoms with Crippen LogP contribution in [0.1, 0.15) is 45.1 Å². The number of carbonyl (C=O) groups excluding carboxylic acids is 1. The molecule has 1 saturated heterocycles. The van der Waals surface area contributed by atoms with E-state index in [0.29, 0.717) is 13.0 Å². The first kappa shape index (κ1) is 20.2. The maximum Gasteiger partial charge on any atom is 0.317 e. The van der Waals surface area contributed by atoms with E-state index in [-0.39, 0.29) is 24.5 Å². The summed E-state index contributed by atoms with van der Waals surface area (Å²) in [4.78, 5) is 27.4. The number of benzene rings is 1. The molecule has 0 aromatic heterocycles. The lowest BCUT2D eigenvalue weighted by Crippen LogP contribution is -2.51. The van der Waals surface area contributed by atoms with Crippen molar-refractivity contribution in [2.75, 3.05) is 19.6 Å². The van der Waals surface area contributed by atoms with Crippen molar-refractivity contribution in [3.05, 3.63) is 35.9 Å². The number of amides is 2. The van der Waals surface area contributed by atoms with Crippen LogP contribution in [0.3, 0.4) is 0 Å². The van der Waals surface area contributed by atoms with Crippen molar-refractivity contribution in [2.45, 2.75) is 58.2 Å². The van der Waals surface area contributed by atoms with E-state index in [0.717, 1.165) is 32.5 Å². The Labute approximate surface area is 156 Å². The predicted molar refractivity (Wildman–Crippen MR) is 102 cm³/mol. The fourth-order valence-electron chi connectivity index (χ4n) is 3.33. The van der Waals surface area contributed by atoms with Crippen molar-refractivity contribution in [1.29, 1.82) is 0 Å². The zero-order chi connectivity index (χ0) is 18.9. The van der Waals surface area contributed by atoms with Gasteiger partial charge in [0, 0.05) is 44.7 Å². The monoisotopic (exact) mass is 361 g/mol. The van der Waals surface area contributed by atoms with Gasteiger partial charge in [-0.1, -0.05) is 30.3 Å². The zero-order valence-corrected chi connectivity index (χ0v) is 15.9. The number of aliphatic carboxylic acids is 1. The SMILES string of the molecule is CC(C)N(CCCC(=O)O)C(=O)NC1CCN(Cc2ccccc2)CC1. The number of carboxylic acids is 1. The normalized spacial score (nSPS) is 15.8. The van der Waals surface area contributed by atoms with Crippen LogP contribution in [-0.2, 0) is 11.3 Å². The Bertz CT molecular complexity index is 569. The largest absolute Gasteiger partial charge is 0.481 e. The maximum atomic E-state index is 12.6. The van der Waals surface area contributed by atoms with Crippen molar-refractivity contribution in [1.82, 2.24) is 15.1 Å². The number of hydrogen-bond acceptors (Lipinski definition) is 3. The van der Waals surface area contributed by atoms with Gasteiger partial charge in [0.2, 0.25) is 0 Å². The zero-order valence-electron chi connectivity index (χ0n) is 15.9. The highest BCUT2D eigenvalue weighted by molar-refractivity contribution is 5.75. The van der Waals surface area contributed by atoms with Crippen molar-refractivity contribution in [2.24, 2.45) is 0 Å². The number of urea groups is 1. The highest BCUT2D eigenvalue weighted by Crippen LogP contribution is 2.14. The lowest BCUT2D eigenvalue weighted by atomic mass is 10.0. The standard InChI is InChI=1S/C20H31N3O3/c1-16(2)23(12-6-9-19(24)25)20(26)21-18-10-13-22(14-11-18)15-17-7-4-3-5-8-17/h3-5,7-8,16,18H,6,9-15H2,1-2H3,(H,21,26)(H,24,25). The van der Waals surface area contributed by atoms with Crippen molar-refractivity contribution in [3.63, 3.8) is 0 Å². The van der Waals surface area contributed by atoms with Gasteiger partial charge < -0.3 is 15.3 Å². The van der Waals surface area contributed by atoms with Crippen LogP contribution >= 0.6 is 0 Å². The van der Waals surface area contributed by atoms with Gasteiger partial charge in [0.05, 0.1) is 0 Å². The Morgan fingerprint density at radius 1 is 1.23 bits per heavy atom. The second kappa shape index (κ2) is 10.2. The lowest BCUT2D eigenvalue weighted by molar-refractivity contribution is -0.137. The third-order valence-electron chi connectivity index (χ3n) is 4.84. The molecule has 1 heterocycles. The number of carboxylic acid groups (broad SMARTS) is 1. The van der Waals surface area contributed by atoms with Crippen LogP contribution in [0.5, 0.6) is 0 Å². The molecule has 2 rings (SSSR count). The molecule has 6 heteroatoms. The third kappa shape index (κ3) is 6.67. The molecule has 1 aromatic rings. The van der Waals surface area contributed by atoms with E-state index in [2.05, 4.69) is 34.5 Å².